The van der Waals surface area contributed by atoms with Crippen LogP contribution in [-0.2, 0) is 27.2 Å². The number of ether oxygens (including phenoxy) is 2. The number of halogens is 1. The second-order valence-corrected chi connectivity index (χ2v) is 12.7. The van der Waals surface area contributed by atoms with Crippen molar-refractivity contribution in [1.29, 1.82) is 0 Å². The quantitative estimate of drug-likeness (QED) is 0.399. The van der Waals surface area contributed by atoms with E-state index >= 15 is 0 Å². The SMILES string of the molecule is CCC1[C@H](Cc2cccc(F)c2)C(=C2CC2)N[C@H](C(C)C)C(=O)N[C@@H](COC)C(=O)NCCCc2ccccc2OC[C@@H]1C. The van der Waals surface area contributed by atoms with Crippen molar-refractivity contribution in [2.45, 2.75) is 78.3 Å². The van der Waals surface area contributed by atoms with E-state index in [9.17, 15) is 14.0 Å². The highest BCUT2D eigenvalue weighted by Crippen LogP contribution is 2.41. The fourth-order valence-corrected chi connectivity index (χ4v) is 6.40. The lowest BCUT2D eigenvalue weighted by molar-refractivity contribution is -0.131. The number of benzene rings is 2. The highest BCUT2D eigenvalue weighted by Gasteiger charge is 2.36. The van der Waals surface area contributed by atoms with Gasteiger partial charge < -0.3 is 25.4 Å². The molecule has 7 nitrogen and oxygen atoms in total. The number of fused-ring (bicyclic) bond motifs is 1. The molecule has 2 amide bonds. The third-order valence-electron chi connectivity index (χ3n) is 8.94. The molecular weight excluding hydrogens is 557 g/mol. The minimum Gasteiger partial charge on any atom is -0.493 e. The number of rotatable bonds is 6. The molecule has 0 aromatic heterocycles. The van der Waals surface area contributed by atoms with Crippen LogP contribution >= 0.6 is 0 Å². The van der Waals surface area contributed by atoms with Gasteiger partial charge >= 0.3 is 0 Å². The fourth-order valence-electron chi connectivity index (χ4n) is 6.40. The van der Waals surface area contributed by atoms with Crippen LogP contribution in [0.2, 0.25) is 0 Å². The molecule has 3 N–H and O–H groups in total. The van der Waals surface area contributed by atoms with E-state index in [1.165, 1.54) is 18.7 Å². The number of amides is 2. The van der Waals surface area contributed by atoms with Crippen LogP contribution < -0.4 is 20.7 Å². The van der Waals surface area contributed by atoms with E-state index in [1.807, 2.05) is 38.1 Å². The summed E-state index contributed by atoms with van der Waals surface area (Å²) in [5.74, 6) is 0.498. The minimum atomic E-state index is -0.811. The molecule has 1 heterocycles. The Hall–Kier alpha value is -3.39. The summed E-state index contributed by atoms with van der Waals surface area (Å²) in [6.45, 7) is 9.55. The van der Waals surface area contributed by atoms with E-state index in [1.54, 1.807) is 12.1 Å². The van der Waals surface area contributed by atoms with Crippen molar-refractivity contribution in [2.24, 2.45) is 23.7 Å². The predicted octanol–water partition coefficient (Wildman–Crippen LogP) is 5.58. The van der Waals surface area contributed by atoms with Crippen LogP contribution in [0.1, 0.15) is 64.5 Å². The minimum absolute atomic E-state index is 0.0270. The van der Waals surface area contributed by atoms with Gasteiger partial charge in [0.15, 0.2) is 0 Å². The highest BCUT2D eigenvalue weighted by atomic mass is 19.1. The molecule has 0 bridgehead atoms. The smallest absolute Gasteiger partial charge is 0.244 e. The summed E-state index contributed by atoms with van der Waals surface area (Å²) in [7, 11) is 1.53. The molecule has 1 aliphatic carbocycles. The number of hydrogen-bond acceptors (Lipinski definition) is 5. The van der Waals surface area contributed by atoms with Gasteiger partial charge in [-0.3, -0.25) is 9.59 Å². The molecule has 0 radical (unpaired) electrons. The van der Waals surface area contributed by atoms with Crippen molar-refractivity contribution >= 4 is 11.8 Å². The molecule has 2 aromatic rings. The topological polar surface area (TPSA) is 88.7 Å². The van der Waals surface area contributed by atoms with Crippen LogP contribution in [-0.4, -0.2) is 50.8 Å². The maximum absolute atomic E-state index is 14.4. The van der Waals surface area contributed by atoms with Crippen molar-refractivity contribution in [2.75, 3.05) is 26.9 Å². The van der Waals surface area contributed by atoms with Crippen LogP contribution in [0.15, 0.2) is 59.8 Å². The highest BCUT2D eigenvalue weighted by molar-refractivity contribution is 5.90. The normalized spacial score (nSPS) is 25.6. The number of carbonyl (C=O) groups excluding carboxylic acids is 2. The average molecular weight is 608 g/mol. The van der Waals surface area contributed by atoms with Gasteiger partial charge in [-0.05, 0) is 79.2 Å². The largest absolute Gasteiger partial charge is 0.493 e. The van der Waals surface area contributed by atoms with E-state index in [0.717, 1.165) is 54.7 Å². The molecule has 0 saturated heterocycles. The zero-order chi connectivity index (χ0) is 31.6. The lowest BCUT2D eigenvalue weighted by Crippen LogP contribution is -2.56. The van der Waals surface area contributed by atoms with Crippen molar-refractivity contribution in [3.05, 3.63) is 76.7 Å². The Labute approximate surface area is 262 Å². The van der Waals surface area contributed by atoms with Crippen LogP contribution in [0, 0.1) is 29.5 Å². The number of methoxy groups -OCH3 is 1. The standard InChI is InChI=1S/C36H50FN3O4/c1-6-29-24(4)21-44-32-15-8-7-12-26(32)13-10-18-38-35(41)31(22-43-5)39-36(42)33(23(2)3)40-34(27-16-17-27)30(29)20-25-11-9-14-28(37)19-25/h7-9,11-12,14-15,19,23-24,29-31,33,40H,6,10,13,16-18,20-22H2,1-5H3,(H,38,41)(H,39,42)/t24-,29?,30-,31-,33+/m0/s1. The summed E-state index contributed by atoms with van der Waals surface area (Å²) in [5.41, 5.74) is 4.42. The predicted molar refractivity (Wildman–Crippen MR) is 172 cm³/mol. The molecule has 240 valence electrons. The van der Waals surface area contributed by atoms with Crippen molar-refractivity contribution in [3.8, 4) is 5.75 Å². The van der Waals surface area contributed by atoms with Crippen molar-refractivity contribution in [3.63, 3.8) is 0 Å². The summed E-state index contributed by atoms with van der Waals surface area (Å²) >= 11 is 0. The average Bonchev–Trinajstić information content (AvgIpc) is 3.84. The Morgan fingerprint density at radius 2 is 1.80 bits per heavy atom. The summed E-state index contributed by atoms with van der Waals surface area (Å²) in [5, 5.41) is 9.65. The molecule has 1 aliphatic heterocycles. The first-order chi connectivity index (χ1) is 21.2. The Kier molecular flexibility index (Phi) is 12.2. The van der Waals surface area contributed by atoms with E-state index in [4.69, 9.17) is 9.47 Å². The number of carbonyl (C=O) groups is 2. The first kappa shape index (κ1) is 33.5. The number of hydrogen-bond donors (Lipinski definition) is 3. The van der Waals surface area contributed by atoms with E-state index in [0.29, 0.717) is 19.6 Å². The molecule has 44 heavy (non-hydrogen) atoms. The summed E-state index contributed by atoms with van der Waals surface area (Å²) in [4.78, 5) is 27.0. The third kappa shape index (κ3) is 9.07. The maximum Gasteiger partial charge on any atom is 0.244 e. The van der Waals surface area contributed by atoms with Gasteiger partial charge in [-0.2, -0.15) is 0 Å². The lowest BCUT2D eigenvalue weighted by atomic mass is 9.75. The first-order valence-corrected chi connectivity index (χ1v) is 16.2. The molecule has 0 spiro atoms. The van der Waals surface area contributed by atoms with Crippen LogP contribution in [0.4, 0.5) is 4.39 Å². The molecule has 2 aliphatic rings. The van der Waals surface area contributed by atoms with Gasteiger partial charge in [0.05, 0.1) is 13.2 Å². The molecule has 1 saturated carbocycles. The van der Waals surface area contributed by atoms with Gasteiger partial charge in [-0.25, -0.2) is 4.39 Å². The van der Waals surface area contributed by atoms with Crippen LogP contribution in [0.3, 0.4) is 0 Å². The van der Waals surface area contributed by atoms with Gasteiger partial charge in [-0.1, -0.05) is 70.0 Å². The molecule has 4 rings (SSSR count). The Bertz CT molecular complexity index is 1290. The molecule has 5 atom stereocenters. The van der Waals surface area contributed by atoms with Crippen molar-refractivity contribution in [1.82, 2.24) is 16.0 Å². The molecule has 2 aromatic carbocycles. The van der Waals surface area contributed by atoms with Gasteiger partial charge in [0, 0.05) is 25.3 Å². The Morgan fingerprint density at radius 1 is 1.02 bits per heavy atom. The van der Waals surface area contributed by atoms with Gasteiger partial charge in [0.1, 0.15) is 23.7 Å². The van der Waals surface area contributed by atoms with E-state index in [-0.39, 0.29) is 47.9 Å². The van der Waals surface area contributed by atoms with Crippen LogP contribution in [0.25, 0.3) is 0 Å². The third-order valence-corrected chi connectivity index (χ3v) is 8.94. The number of allylic oxidation sites excluding steroid dienone is 2. The fraction of sp³-hybridized carbons (Fsp3) is 0.556. The molecular formula is C36H50FN3O4. The second-order valence-electron chi connectivity index (χ2n) is 12.7. The van der Waals surface area contributed by atoms with Gasteiger partial charge in [0.25, 0.3) is 0 Å². The second kappa shape index (κ2) is 16.1. The molecule has 8 heteroatoms. The lowest BCUT2D eigenvalue weighted by Gasteiger charge is -2.36. The van der Waals surface area contributed by atoms with Crippen LogP contribution in [0.5, 0.6) is 5.75 Å². The van der Waals surface area contributed by atoms with Gasteiger partial charge in [-0.15, -0.1) is 0 Å². The number of para-hydroxylation sites is 1. The van der Waals surface area contributed by atoms with E-state index in [2.05, 4.69) is 35.9 Å². The zero-order valence-electron chi connectivity index (χ0n) is 27.0. The summed E-state index contributed by atoms with van der Waals surface area (Å²) in [6.07, 6.45) is 4.97. The maximum atomic E-state index is 14.4. The summed E-state index contributed by atoms with van der Waals surface area (Å²) in [6, 6.07) is 13.6. The van der Waals surface area contributed by atoms with Crippen molar-refractivity contribution < 1.29 is 23.5 Å². The molecule has 1 fully saturated rings. The zero-order valence-corrected chi connectivity index (χ0v) is 27.0. The summed E-state index contributed by atoms with van der Waals surface area (Å²) < 4.78 is 26.2. The first-order valence-electron chi connectivity index (χ1n) is 16.2. The van der Waals surface area contributed by atoms with Gasteiger partial charge in [0.2, 0.25) is 11.8 Å². The monoisotopic (exact) mass is 607 g/mol. The Balaban J connectivity index is 1.74. The number of aryl methyl sites for hydroxylation is 1. The van der Waals surface area contributed by atoms with E-state index < -0.39 is 12.1 Å². The Morgan fingerprint density at radius 3 is 2.48 bits per heavy atom. The molecule has 1 unspecified atom stereocenters. The number of nitrogens with one attached hydrogen (secondary N) is 3.